The molecule has 0 radical (unpaired) electrons. The van der Waals surface area contributed by atoms with E-state index in [0.29, 0.717) is 12.3 Å². The molecule has 7 heteroatoms. The maximum atomic E-state index is 13.6. The van der Waals surface area contributed by atoms with Gasteiger partial charge in [0.05, 0.1) is 18.0 Å². The Kier molecular flexibility index (Phi) is 4.30. The van der Waals surface area contributed by atoms with Gasteiger partial charge in [0.25, 0.3) is 0 Å². The topological polar surface area (TPSA) is 51.5 Å². The van der Waals surface area contributed by atoms with Crippen LogP contribution in [0.3, 0.4) is 0 Å². The highest BCUT2D eigenvalue weighted by Crippen LogP contribution is 2.30. The van der Waals surface area contributed by atoms with Crippen molar-refractivity contribution in [1.82, 2.24) is 14.4 Å². The predicted octanol–water partition coefficient (Wildman–Crippen LogP) is 5.05. The molecular formula is C19H17FN4OS. The third kappa shape index (κ3) is 3.13. The van der Waals surface area contributed by atoms with Crippen LogP contribution in [-0.4, -0.2) is 21.0 Å². The number of anilines is 2. The van der Waals surface area contributed by atoms with E-state index in [2.05, 4.69) is 15.3 Å². The average Bonchev–Trinajstić information content (AvgIpc) is 3.20. The van der Waals surface area contributed by atoms with E-state index in [1.54, 1.807) is 10.5 Å². The van der Waals surface area contributed by atoms with E-state index in [1.165, 1.54) is 23.6 Å². The molecule has 132 valence electrons. The Morgan fingerprint density at radius 2 is 1.96 bits per heavy atom. The maximum absolute atomic E-state index is 13.6. The second-order valence-corrected chi connectivity index (χ2v) is 6.60. The standard InChI is InChI=1S/C19H17FN4OS/c1-3-25-15-7-5-14(6-8-15)22-19-23-16(11-26-19)18-12(2)21-17-9-4-13(20)10-24(17)18/h4-11H,3H2,1-2H3,(H,22,23). The molecule has 4 aromatic rings. The summed E-state index contributed by atoms with van der Waals surface area (Å²) < 4.78 is 20.8. The van der Waals surface area contributed by atoms with Crippen LogP contribution in [-0.2, 0) is 0 Å². The molecule has 0 spiro atoms. The van der Waals surface area contributed by atoms with Crippen LogP contribution < -0.4 is 10.1 Å². The number of imidazole rings is 1. The molecule has 3 heterocycles. The molecular weight excluding hydrogens is 351 g/mol. The second kappa shape index (κ2) is 6.76. The first kappa shape index (κ1) is 16.5. The monoisotopic (exact) mass is 368 g/mol. The molecule has 0 atom stereocenters. The summed E-state index contributed by atoms with van der Waals surface area (Å²) in [5.74, 6) is 0.528. The molecule has 4 rings (SSSR count). The van der Waals surface area contributed by atoms with Crippen LogP contribution in [0, 0.1) is 12.7 Å². The Hall–Kier alpha value is -2.93. The number of benzene rings is 1. The first-order chi connectivity index (χ1) is 12.6. The minimum Gasteiger partial charge on any atom is -0.494 e. The fraction of sp³-hybridized carbons (Fsp3) is 0.158. The molecule has 0 aliphatic heterocycles. The van der Waals surface area contributed by atoms with Crippen molar-refractivity contribution in [2.24, 2.45) is 0 Å². The Morgan fingerprint density at radius 3 is 2.73 bits per heavy atom. The van der Waals surface area contributed by atoms with Crippen molar-refractivity contribution in [3.05, 3.63) is 59.5 Å². The van der Waals surface area contributed by atoms with Gasteiger partial charge in [-0.15, -0.1) is 11.3 Å². The summed E-state index contributed by atoms with van der Waals surface area (Å²) in [4.78, 5) is 9.12. The zero-order valence-electron chi connectivity index (χ0n) is 14.4. The third-order valence-electron chi connectivity index (χ3n) is 3.92. The van der Waals surface area contributed by atoms with E-state index < -0.39 is 0 Å². The lowest BCUT2D eigenvalue weighted by Crippen LogP contribution is -1.94. The number of rotatable bonds is 5. The summed E-state index contributed by atoms with van der Waals surface area (Å²) in [6.45, 7) is 4.50. The van der Waals surface area contributed by atoms with E-state index >= 15 is 0 Å². The number of ether oxygens (including phenoxy) is 1. The Morgan fingerprint density at radius 1 is 1.15 bits per heavy atom. The molecule has 0 aliphatic carbocycles. The van der Waals surface area contributed by atoms with Crippen molar-refractivity contribution >= 4 is 27.8 Å². The van der Waals surface area contributed by atoms with Gasteiger partial charge in [-0.2, -0.15) is 0 Å². The SMILES string of the molecule is CCOc1ccc(Nc2nc(-c3c(C)nc4ccc(F)cn34)cs2)cc1. The normalized spacial score (nSPS) is 11.0. The van der Waals surface area contributed by atoms with Gasteiger partial charge in [-0.25, -0.2) is 14.4 Å². The van der Waals surface area contributed by atoms with Gasteiger partial charge >= 0.3 is 0 Å². The lowest BCUT2D eigenvalue weighted by Gasteiger charge is -2.05. The number of pyridine rings is 1. The van der Waals surface area contributed by atoms with Crippen LogP contribution in [0.5, 0.6) is 5.75 Å². The zero-order valence-corrected chi connectivity index (χ0v) is 15.2. The molecule has 0 saturated carbocycles. The lowest BCUT2D eigenvalue weighted by molar-refractivity contribution is 0.340. The Balaban J connectivity index is 1.62. The molecule has 1 aromatic carbocycles. The van der Waals surface area contributed by atoms with Crippen molar-refractivity contribution in [1.29, 1.82) is 0 Å². The summed E-state index contributed by atoms with van der Waals surface area (Å²) >= 11 is 1.49. The largest absolute Gasteiger partial charge is 0.494 e. The van der Waals surface area contributed by atoms with Crippen molar-refractivity contribution in [2.75, 3.05) is 11.9 Å². The molecule has 5 nitrogen and oxygen atoms in total. The van der Waals surface area contributed by atoms with Gasteiger partial charge < -0.3 is 10.1 Å². The smallest absolute Gasteiger partial charge is 0.187 e. The number of hydrogen-bond donors (Lipinski definition) is 1. The highest BCUT2D eigenvalue weighted by atomic mass is 32.1. The number of thiazole rings is 1. The van der Waals surface area contributed by atoms with E-state index in [0.717, 1.165) is 33.7 Å². The van der Waals surface area contributed by atoms with E-state index in [-0.39, 0.29) is 5.82 Å². The van der Waals surface area contributed by atoms with E-state index in [9.17, 15) is 4.39 Å². The summed E-state index contributed by atoms with van der Waals surface area (Å²) in [6, 6.07) is 10.8. The minimum absolute atomic E-state index is 0.306. The number of hydrogen-bond acceptors (Lipinski definition) is 5. The van der Waals surface area contributed by atoms with Crippen molar-refractivity contribution in [3.8, 4) is 17.1 Å². The van der Waals surface area contributed by atoms with E-state index in [4.69, 9.17) is 4.74 Å². The van der Waals surface area contributed by atoms with Crippen LogP contribution in [0.1, 0.15) is 12.6 Å². The third-order valence-corrected chi connectivity index (χ3v) is 4.68. The van der Waals surface area contributed by atoms with Crippen molar-refractivity contribution in [3.63, 3.8) is 0 Å². The number of nitrogens with one attached hydrogen (secondary N) is 1. The maximum Gasteiger partial charge on any atom is 0.187 e. The predicted molar refractivity (Wildman–Crippen MR) is 102 cm³/mol. The van der Waals surface area contributed by atoms with Crippen molar-refractivity contribution < 1.29 is 9.13 Å². The summed E-state index contributed by atoms with van der Waals surface area (Å²) in [5, 5.41) is 5.98. The number of nitrogens with zero attached hydrogens (tertiary/aromatic N) is 3. The van der Waals surface area contributed by atoms with Crippen molar-refractivity contribution in [2.45, 2.75) is 13.8 Å². The number of aromatic nitrogens is 3. The van der Waals surface area contributed by atoms with Gasteiger partial charge in [-0.3, -0.25) is 4.40 Å². The molecule has 1 N–H and O–H groups in total. The van der Waals surface area contributed by atoms with Gasteiger partial charge in [-0.1, -0.05) is 0 Å². The van der Waals surface area contributed by atoms with E-state index in [1.807, 2.05) is 43.5 Å². The molecule has 0 aliphatic rings. The highest BCUT2D eigenvalue weighted by Gasteiger charge is 2.15. The van der Waals surface area contributed by atoms with Gasteiger partial charge in [0.1, 0.15) is 22.9 Å². The van der Waals surface area contributed by atoms with Crippen LogP contribution in [0.2, 0.25) is 0 Å². The fourth-order valence-electron chi connectivity index (χ4n) is 2.81. The molecule has 3 aromatic heterocycles. The summed E-state index contributed by atoms with van der Waals surface area (Å²) in [6.07, 6.45) is 1.43. The molecule has 0 amide bonds. The molecule has 0 fully saturated rings. The second-order valence-electron chi connectivity index (χ2n) is 5.74. The molecule has 0 unspecified atom stereocenters. The first-order valence-electron chi connectivity index (χ1n) is 8.24. The minimum atomic E-state index is -0.306. The quantitative estimate of drug-likeness (QED) is 0.536. The summed E-state index contributed by atoms with van der Waals surface area (Å²) in [5.41, 5.74) is 4.01. The molecule has 0 bridgehead atoms. The average molecular weight is 368 g/mol. The van der Waals surface area contributed by atoms with Gasteiger partial charge in [0.2, 0.25) is 0 Å². The van der Waals surface area contributed by atoms with Crippen LogP contribution in [0.25, 0.3) is 17.0 Å². The van der Waals surface area contributed by atoms with Gasteiger partial charge in [0, 0.05) is 17.3 Å². The Labute approximate surface area is 154 Å². The molecule has 0 saturated heterocycles. The lowest BCUT2D eigenvalue weighted by atomic mass is 10.3. The molecule has 26 heavy (non-hydrogen) atoms. The zero-order chi connectivity index (χ0) is 18.1. The van der Waals surface area contributed by atoms with Crippen LogP contribution in [0.15, 0.2) is 48.0 Å². The first-order valence-corrected chi connectivity index (χ1v) is 9.12. The van der Waals surface area contributed by atoms with Gasteiger partial charge in [0.15, 0.2) is 5.13 Å². The summed E-state index contributed by atoms with van der Waals surface area (Å²) in [7, 11) is 0. The van der Waals surface area contributed by atoms with Crippen LogP contribution in [0.4, 0.5) is 15.2 Å². The number of halogens is 1. The highest BCUT2D eigenvalue weighted by molar-refractivity contribution is 7.14. The Bertz CT molecular complexity index is 1060. The number of fused-ring (bicyclic) bond motifs is 1. The fourth-order valence-corrected chi connectivity index (χ4v) is 3.53. The van der Waals surface area contributed by atoms with Gasteiger partial charge in [-0.05, 0) is 50.2 Å². The van der Waals surface area contributed by atoms with Crippen LogP contribution >= 0.6 is 11.3 Å². The number of aryl methyl sites for hydroxylation is 1.